The fourth-order valence-corrected chi connectivity index (χ4v) is 1.17. The molecule has 0 bridgehead atoms. The molecule has 0 aromatic carbocycles. The Labute approximate surface area is 82.6 Å². The predicted molar refractivity (Wildman–Crippen MR) is 41.4 cm³/mol. The Hall–Kier alpha value is -1.32. The van der Waals surface area contributed by atoms with E-state index in [2.05, 4.69) is 14.7 Å². The zero-order chi connectivity index (χ0) is 12.3. The number of hydrogen-bond donors (Lipinski definition) is 0. The molecule has 0 atom stereocenters. The van der Waals surface area contributed by atoms with Crippen LogP contribution in [0, 0.1) is 0 Å². The number of rotatable bonds is 1. The van der Waals surface area contributed by atoms with Crippen molar-refractivity contribution in [3.05, 3.63) is 0 Å². The Morgan fingerprint density at radius 1 is 1.27 bits per heavy atom. The summed E-state index contributed by atoms with van der Waals surface area (Å²) in [7, 11) is -4.37. The van der Waals surface area contributed by atoms with E-state index in [0.29, 0.717) is 7.11 Å². The van der Waals surface area contributed by atoms with Gasteiger partial charge in [-0.25, -0.2) is 13.2 Å². The van der Waals surface area contributed by atoms with E-state index in [-0.39, 0.29) is 0 Å². The Balaban J connectivity index is 5.50. The van der Waals surface area contributed by atoms with Crippen LogP contribution in [0.25, 0.3) is 0 Å². The molecule has 0 aliphatic rings. The highest BCUT2D eigenvalue weighted by Gasteiger charge is 2.52. The van der Waals surface area contributed by atoms with Crippen LogP contribution in [-0.2, 0) is 24.2 Å². The van der Waals surface area contributed by atoms with Gasteiger partial charge >= 0.3 is 21.3 Å². The minimum Gasteiger partial charge on any atom is -0.464 e. The summed E-state index contributed by atoms with van der Waals surface area (Å²) in [5.74, 6) is -1.76. The number of hydrogen-bond acceptors (Lipinski definition) is 6. The van der Waals surface area contributed by atoms with Gasteiger partial charge in [0.05, 0.1) is 7.11 Å². The molecule has 0 aliphatic carbocycles. The molecule has 0 rings (SSSR count). The topological polar surface area (TPSA) is 82.0 Å². The largest absolute Gasteiger partial charge is 0.503 e. The molecule has 0 amide bonds. The minimum atomic E-state index is -5.86. The summed E-state index contributed by atoms with van der Waals surface area (Å²) in [5, 5.41) is 0.620. The van der Waals surface area contributed by atoms with Crippen molar-refractivity contribution in [1.82, 2.24) is 0 Å². The van der Waals surface area contributed by atoms with Crippen molar-refractivity contribution in [1.29, 1.82) is 0 Å². The highest BCUT2D eigenvalue weighted by molar-refractivity contribution is 8.09. The molecule has 88 valence electrons. The summed E-state index contributed by atoms with van der Waals surface area (Å²) in [6.45, 7) is 0. The maximum atomic E-state index is 12.0. The number of oxime groups is 1. The maximum absolute atomic E-state index is 12.0. The van der Waals surface area contributed by atoms with E-state index >= 15 is 0 Å². The van der Waals surface area contributed by atoms with Gasteiger partial charge in [0.2, 0.25) is 0 Å². The van der Waals surface area contributed by atoms with Gasteiger partial charge in [0.25, 0.3) is 5.04 Å². The third kappa shape index (κ3) is 2.81. The van der Waals surface area contributed by atoms with Crippen LogP contribution < -0.4 is 0 Å². The second-order valence-electron chi connectivity index (χ2n) is 2.02. The molecular formula is C5H6F3NO5S. The molecular weight excluding hydrogens is 243 g/mol. The lowest BCUT2D eigenvalue weighted by Gasteiger charge is -2.07. The van der Waals surface area contributed by atoms with Crippen molar-refractivity contribution < 1.29 is 36.0 Å². The second-order valence-corrected chi connectivity index (χ2v) is 3.88. The summed E-state index contributed by atoms with van der Waals surface area (Å²) in [4.78, 5) is 14.5. The first kappa shape index (κ1) is 13.7. The van der Waals surface area contributed by atoms with Crippen molar-refractivity contribution in [2.24, 2.45) is 5.16 Å². The Bertz CT molecular complexity index is 371. The SMILES string of the molecule is CON=C(C(=O)OC)S(=O)(=O)C(F)(F)F. The highest BCUT2D eigenvalue weighted by atomic mass is 32.2. The fraction of sp³-hybridized carbons (Fsp3) is 0.600. The summed E-state index contributed by atoms with van der Waals surface area (Å²) >= 11 is 0. The van der Waals surface area contributed by atoms with Gasteiger partial charge in [-0.15, -0.1) is 0 Å². The number of alkyl halides is 3. The lowest BCUT2D eigenvalue weighted by Crippen LogP contribution is -2.36. The number of ether oxygens (including phenoxy) is 1. The van der Waals surface area contributed by atoms with E-state index in [9.17, 15) is 26.4 Å². The Kier molecular flexibility index (Phi) is 4.07. The van der Waals surface area contributed by atoms with Gasteiger partial charge in [-0.3, -0.25) is 0 Å². The standard InChI is InChI=1S/C5H6F3NO5S/c1-13-4(10)3(9-14-2)15(11,12)5(6,7)8/h1-2H3. The Morgan fingerprint density at radius 3 is 2.00 bits per heavy atom. The molecule has 0 aromatic heterocycles. The number of methoxy groups -OCH3 is 1. The summed E-state index contributed by atoms with van der Waals surface area (Å²) in [6.07, 6.45) is 0. The van der Waals surface area contributed by atoms with Crippen molar-refractivity contribution in [3.8, 4) is 0 Å². The van der Waals surface area contributed by atoms with E-state index in [1.54, 1.807) is 0 Å². The van der Waals surface area contributed by atoms with Gasteiger partial charge in [-0.2, -0.15) is 13.2 Å². The van der Waals surface area contributed by atoms with Crippen LogP contribution in [0.15, 0.2) is 5.16 Å². The molecule has 0 heterocycles. The van der Waals surface area contributed by atoms with Crippen molar-refractivity contribution in [3.63, 3.8) is 0 Å². The summed E-state index contributed by atoms with van der Waals surface area (Å²) in [5.41, 5.74) is -5.64. The Morgan fingerprint density at radius 2 is 1.73 bits per heavy atom. The van der Waals surface area contributed by atoms with E-state index in [1.165, 1.54) is 0 Å². The molecule has 6 nitrogen and oxygen atoms in total. The molecule has 0 radical (unpaired) electrons. The smallest absolute Gasteiger partial charge is 0.464 e. The maximum Gasteiger partial charge on any atom is 0.503 e. The summed E-state index contributed by atoms with van der Waals surface area (Å²) < 4.78 is 61.1. The minimum absolute atomic E-state index is 0.708. The molecule has 0 saturated heterocycles. The first-order chi connectivity index (χ1) is 6.68. The molecule has 0 aromatic rings. The molecule has 0 spiro atoms. The number of halogens is 3. The van der Waals surface area contributed by atoms with Crippen LogP contribution in [0.3, 0.4) is 0 Å². The number of sulfone groups is 1. The van der Waals surface area contributed by atoms with E-state index < -0.39 is 26.4 Å². The number of esters is 1. The average molecular weight is 249 g/mol. The lowest BCUT2D eigenvalue weighted by atomic mass is 10.7. The molecule has 0 saturated carbocycles. The normalized spacial score (nSPS) is 13.5. The molecule has 0 N–H and O–H groups in total. The van der Waals surface area contributed by atoms with Crippen molar-refractivity contribution in [2.75, 3.05) is 14.2 Å². The average Bonchev–Trinajstić information content (AvgIpc) is 2.10. The van der Waals surface area contributed by atoms with Crippen LogP contribution >= 0.6 is 0 Å². The van der Waals surface area contributed by atoms with Gasteiger partial charge in [-0.1, -0.05) is 5.16 Å². The molecule has 15 heavy (non-hydrogen) atoms. The first-order valence-corrected chi connectivity index (χ1v) is 4.67. The fourth-order valence-electron chi connectivity index (χ4n) is 0.476. The zero-order valence-electron chi connectivity index (χ0n) is 7.53. The lowest BCUT2D eigenvalue weighted by molar-refractivity contribution is -0.132. The summed E-state index contributed by atoms with van der Waals surface area (Å²) in [6, 6.07) is 0. The van der Waals surface area contributed by atoms with Gasteiger partial charge in [-0.05, 0) is 0 Å². The van der Waals surface area contributed by atoms with E-state index in [4.69, 9.17) is 0 Å². The van der Waals surface area contributed by atoms with Crippen LogP contribution in [0.1, 0.15) is 0 Å². The van der Waals surface area contributed by atoms with Crippen LogP contribution in [0.4, 0.5) is 13.2 Å². The molecule has 0 unspecified atom stereocenters. The van der Waals surface area contributed by atoms with Gasteiger partial charge in [0, 0.05) is 0 Å². The van der Waals surface area contributed by atoms with E-state index in [0.717, 1.165) is 7.11 Å². The first-order valence-electron chi connectivity index (χ1n) is 3.19. The third-order valence-electron chi connectivity index (χ3n) is 1.09. The second kappa shape index (κ2) is 4.47. The third-order valence-corrected chi connectivity index (χ3v) is 2.45. The van der Waals surface area contributed by atoms with Crippen molar-refractivity contribution in [2.45, 2.75) is 5.51 Å². The van der Waals surface area contributed by atoms with Crippen LogP contribution in [0.2, 0.25) is 0 Å². The van der Waals surface area contributed by atoms with Crippen LogP contribution in [-0.4, -0.2) is 39.2 Å². The predicted octanol–water partition coefficient (Wildman–Crippen LogP) is 0.0539. The quantitative estimate of drug-likeness (QED) is 0.284. The number of nitrogens with zero attached hydrogens (tertiary/aromatic N) is 1. The zero-order valence-corrected chi connectivity index (χ0v) is 8.35. The van der Waals surface area contributed by atoms with Gasteiger partial charge in [0.15, 0.2) is 0 Å². The highest BCUT2D eigenvalue weighted by Crippen LogP contribution is 2.25. The van der Waals surface area contributed by atoms with Crippen molar-refractivity contribution >= 4 is 20.9 Å². The molecule has 0 fully saturated rings. The van der Waals surface area contributed by atoms with E-state index in [1.807, 2.05) is 0 Å². The van der Waals surface area contributed by atoms with Gasteiger partial charge in [0.1, 0.15) is 7.11 Å². The number of carbonyl (C=O) groups excluding carboxylic acids is 1. The molecule has 10 heteroatoms. The van der Waals surface area contributed by atoms with Gasteiger partial charge < -0.3 is 9.57 Å². The number of carbonyl (C=O) groups is 1. The van der Waals surface area contributed by atoms with Crippen LogP contribution in [0.5, 0.6) is 0 Å². The monoisotopic (exact) mass is 249 g/mol. The molecule has 0 aliphatic heterocycles.